The SMILES string of the molecule is CCCCCCSc1c(C)cc(C)cc1C. The van der Waals surface area contributed by atoms with Gasteiger partial charge >= 0.3 is 0 Å². The number of thioether (sulfide) groups is 1. The van der Waals surface area contributed by atoms with E-state index in [9.17, 15) is 0 Å². The largest absolute Gasteiger partial charge is 0.126 e. The molecule has 0 aliphatic rings. The molecular formula is C15H24S. The molecule has 0 amide bonds. The lowest BCUT2D eigenvalue weighted by atomic mass is 10.1. The molecular weight excluding hydrogens is 212 g/mol. The highest BCUT2D eigenvalue weighted by molar-refractivity contribution is 7.99. The third kappa shape index (κ3) is 4.21. The van der Waals surface area contributed by atoms with Crippen LogP contribution in [0.15, 0.2) is 17.0 Å². The van der Waals surface area contributed by atoms with Crippen molar-refractivity contribution >= 4 is 11.8 Å². The van der Waals surface area contributed by atoms with Crippen molar-refractivity contribution in [3.05, 3.63) is 28.8 Å². The van der Waals surface area contributed by atoms with E-state index >= 15 is 0 Å². The van der Waals surface area contributed by atoms with Gasteiger partial charge in [-0.05, 0) is 44.1 Å². The number of aryl methyl sites for hydroxylation is 3. The summed E-state index contributed by atoms with van der Waals surface area (Å²) in [7, 11) is 0. The average molecular weight is 236 g/mol. The van der Waals surface area contributed by atoms with E-state index in [1.807, 2.05) is 11.8 Å². The molecule has 0 fully saturated rings. The summed E-state index contributed by atoms with van der Waals surface area (Å²) in [5.41, 5.74) is 4.27. The van der Waals surface area contributed by atoms with E-state index < -0.39 is 0 Å². The van der Waals surface area contributed by atoms with Crippen molar-refractivity contribution < 1.29 is 0 Å². The highest BCUT2D eigenvalue weighted by Crippen LogP contribution is 2.28. The lowest BCUT2D eigenvalue weighted by molar-refractivity contribution is 0.706. The molecule has 0 aliphatic carbocycles. The van der Waals surface area contributed by atoms with Gasteiger partial charge in [0.25, 0.3) is 0 Å². The maximum atomic E-state index is 2.29. The quantitative estimate of drug-likeness (QED) is 0.478. The van der Waals surface area contributed by atoms with Crippen molar-refractivity contribution in [1.29, 1.82) is 0 Å². The molecule has 1 rings (SSSR count). The van der Waals surface area contributed by atoms with Crippen LogP contribution in [0.2, 0.25) is 0 Å². The Balaban J connectivity index is 2.47. The van der Waals surface area contributed by atoms with Crippen molar-refractivity contribution in [3.8, 4) is 0 Å². The van der Waals surface area contributed by atoms with Gasteiger partial charge in [0.1, 0.15) is 0 Å². The molecule has 90 valence electrons. The molecule has 0 heterocycles. The highest BCUT2D eigenvalue weighted by Gasteiger charge is 2.03. The lowest BCUT2D eigenvalue weighted by Crippen LogP contribution is -1.89. The third-order valence-corrected chi connectivity index (χ3v) is 4.27. The monoisotopic (exact) mass is 236 g/mol. The molecule has 1 heteroatoms. The summed E-state index contributed by atoms with van der Waals surface area (Å²) in [6.07, 6.45) is 5.44. The van der Waals surface area contributed by atoms with Gasteiger partial charge in [0, 0.05) is 4.90 Å². The van der Waals surface area contributed by atoms with E-state index in [-0.39, 0.29) is 0 Å². The molecule has 0 aromatic heterocycles. The average Bonchev–Trinajstić information content (AvgIpc) is 2.20. The van der Waals surface area contributed by atoms with Crippen LogP contribution in [-0.4, -0.2) is 5.75 Å². The number of unbranched alkanes of at least 4 members (excludes halogenated alkanes) is 3. The molecule has 0 N–H and O–H groups in total. The van der Waals surface area contributed by atoms with Gasteiger partial charge in [0.05, 0.1) is 0 Å². The van der Waals surface area contributed by atoms with Gasteiger partial charge in [-0.1, -0.05) is 43.9 Å². The zero-order valence-electron chi connectivity index (χ0n) is 11.1. The molecule has 16 heavy (non-hydrogen) atoms. The Morgan fingerprint density at radius 1 is 0.938 bits per heavy atom. The summed E-state index contributed by atoms with van der Waals surface area (Å²) in [5.74, 6) is 1.27. The smallest absolute Gasteiger partial charge is 0.0131 e. The topological polar surface area (TPSA) is 0 Å². The summed E-state index contributed by atoms with van der Waals surface area (Å²) >= 11 is 2.03. The number of hydrogen-bond acceptors (Lipinski definition) is 1. The zero-order chi connectivity index (χ0) is 12.0. The van der Waals surface area contributed by atoms with Crippen LogP contribution < -0.4 is 0 Å². The Kier molecular flexibility index (Phi) is 5.97. The second kappa shape index (κ2) is 7.01. The van der Waals surface area contributed by atoms with Gasteiger partial charge in [-0.3, -0.25) is 0 Å². The van der Waals surface area contributed by atoms with Crippen molar-refractivity contribution in [2.75, 3.05) is 5.75 Å². The summed E-state index contributed by atoms with van der Waals surface area (Å²) in [6, 6.07) is 4.59. The maximum Gasteiger partial charge on any atom is 0.0131 e. The first-order valence-electron chi connectivity index (χ1n) is 6.35. The van der Waals surface area contributed by atoms with E-state index in [4.69, 9.17) is 0 Å². The minimum Gasteiger partial charge on any atom is -0.126 e. The Bertz CT molecular complexity index is 305. The minimum atomic E-state index is 1.27. The molecule has 0 atom stereocenters. The molecule has 0 saturated heterocycles. The Morgan fingerprint density at radius 2 is 1.56 bits per heavy atom. The summed E-state index contributed by atoms with van der Waals surface area (Å²) in [6.45, 7) is 8.90. The van der Waals surface area contributed by atoms with Gasteiger partial charge in [0.15, 0.2) is 0 Å². The fourth-order valence-corrected chi connectivity index (χ4v) is 3.22. The van der Waals surface area contributed by atoms with Gasteiger partial charge in [-0.15, -0.1) is 11.8 Å². The minimum absolute atomic E-state index is 1.27. The number of rotatable bonds is 6. The van der Waals surface area contributed by atoms with E-state index in [2.05, 4.69) is 39.8 Å². The number of hydrogen-bond donors (Lipinski definition) is 0. The Labute approximate surface area is 105 Å². The molecule has 0 saturated carbocycles. The van der Waals surface area contributed by atoms with Crippen LogP contribution in [0.3, 0.4) is 0 Å². The molecule has 0 radical (unpaired) electrons. The van der Waals surface area contributed by atoms with Gasteiger partial charge in [-0.2, -0.15) is 0 Å². The number of benzene rings is 1. The van der Waals surface area contributed by atoms with Crippen LogP contribution >= 0.6 is 11.8 Å². The summed E-state index contributed by atoms with van der Waals surface area (Å²) < 4.78 is 0. The van der Waals surface area contributed by atoms with Crippen molar-refractivity contribution in [3.63, 3.8) is 0 Å². The van der Waals surface area contributed by atoms with Crippen molar-refractivity contribution in [1.82, 2.24) is 0 Å². The van der Waals surface area contributed by atoms with E-state index in [1.54, 1.807) is 0 Å². The van der Waals surface area contributed by atoms with E-state index in [0.29, 0.717) is 0 Å². The van der Waals surface area contributed by atoms with Crippen molar-refractivity contribution in [2.24, 2.45) is 0 Å². The van der Waals surface area contributed by atoms with E-state index in [0.717, 1.165) is 0 Å². The van der Waals surface area contributed by atoms with Crippen LogP contribution in [0.4, 0.5) is 0 Å². The first kappa shape index (κ1) is 13.6. The van der Waals surface area contributed by atoms with Gasteiger partial charge in [0.2, 0.25) is 0 Å². The van der Waals surface area contributed by atoms with Crippen LogP contribution in [0.25, 0.3) is 0 Å². The van der Waals surface area contributed by atoms with Gasteiger partial charge in [-0.25, -0.2) is 0 Å². The predicted molar refractivity (Wildman–Crippen MR) is 75.5 cm³/mol. The Hall–Kier alpha value is -0.430. The van der Waals surface area contributed by atoms with Gasteiger partial charge < -0.3 is 0 Å². The first-order valence-corrected chi connectivity index (χ1v) is 7.34. The zero-order valence-corrected chi connectivity index (χ0v) is 11.9. The second-order valence-electron chi connectivity index (χ2n) is 4.64. The predicted octanol–water partition coefficient (Wildman–Crippen LogP) is 5.28. The third-order valence-electron chi connectivity index (χ3n) is 2.85. The van der Waals surface area contributed by atoms with Crippen molar-refractivity contribution in [2.45, 2.75) is 58.3 Å². The molecule has 1 aromatic rings. The maximum absolute atomic E-state index is 2.29. The van der Waals surface area contributed by atoms with Crippen LogP contribution in [0.1, 0.15) is 49.3 Å². The molecule has 0 nitrogen and oxygen atoms in total. The summed E-state index contributed by atoms with van der Waals surface area (Å²) in [4.78, 5) is 1.50. The van der Waals surface area contributed by atoms with E-state index in [1.165, 1.54) is 53.0 Å². The molecule has 0 bridgehead atoms. The summed E-state index contributed by atoms with van der Waals surface area (Å²) in [5, 5.41) is 0. The fraction of sp³-hybridized carbons (Fsp3) is 0.600. The first-order chi connectivity index (χ1) is 7.65. The van der Waals surface area contributed by atoms with Crippen LogP contribution in [0.5, 0.6) is 0 Å². The highest BCUT2D eigenvalue weighted by atomic mass is 32.2. The second-order valence-corrected chi connectivity index (χ2v) is 5.74. The standard InChI is InChI=1S/C15H24S/c1-5-6-7-8-9-16-15-13(3)10-12(2)11-14(15)4/h10-11H,5-9H2,1-4H3. The fourth-order valence-electron chi connectivity index (χ4n) is 2.10. The molecule has 0 unspecified atom stereocenters. The molecule has 0 spiro atoms. The van der Waals surface area contributed by atoms with Crippen LogP contribution in [0, 0.1) is 20.8 Å². The van der Waals surface area contributed by atoms with Crippen LogP contribution in [-0.2, 0) is 0 Å². The lowest BCUT2D eigenvalue weighted by Gasteiger charge is -2.10. The normalized spacial score (nSPS) is 10.8. The molecule has 1 aromatic carbocycles. The molecule has 0 aliphatic heterocycles. The Morgan fingerprint density at radius 3 is 2.12 bits per heavy atom.